The lowest BCUT2D eigenvalue weighted by molar-refractivity contribution is 0.488. The standard InChI is InChI=1S/C60H35B2N3O3/c1-4-16-36(17-5-1)63-47-24-14-25-48-55(47)61(43-32-30-41-39-22-10-12-27-51(39)67-59(41)57(43)64(48)37-18-6-2-7-19-37)45-34-46-54(35-50(45)63)66-53-29-15-26-49-56(53)62(46)44-33-31-42-40-23-11-13-28-52(40)68-60(42)58(44)65(49)38-20-8-3-9-21-38/h1-35H. The summed E-state index contributed by atoms with van der Waals surface area (Å²) < 4.78 is 21.2. The van der Waals surface area contributed by atoms with Crippen molar-refractivity contribution in [3.8, 4) is 11.5 Å². The van der Waals surface area contributed by atoms with E-state index in [1.54, 1.807) is 0 Å². The molecule has 12 aromatic rings. The number of fused-ring (bicyclic) bond motifs is 16. The highest BCUT2D eigenvalue weighted by molar-refractivity contribution is 7.02. The van der Waals surface area contributed by atoms with Gasteiger partial charge in [0.15, 0.2) is 11.2 Å². The van der Waals surface area contributed by atoms with Crippen LogP contribution in [0.25, 0.3) is 43.9 Å². The summed E-state index contributed by atoms with van der Waals surface area (Å²) in [6.07, 6.45) is 0. The molecular weight excluding hydrogens is 832 g/mol. The third-order valence-corrected chi connectivity index (χ3v) is 14.9. The maximum atomic E-state index is 7.24. The largest absolute Gasteiger partial charge is 0.458 e. The summed E-state index contributed by atoms with van der Waals surface area (Å²) in [4.78, 5) is 7.26. The molecule has 0 fully saturated rings. The zero-order chi connectivity index (χ0) is 44.2. The molecule has 0 N–H and O–H groups in total. The van der Waals surface area contributed by atoms with E-state index in [4.69, 9.17) is 13.6 Å². The molecule has 0 atom stereocenters. The number of anilines is 9. The van der Waals surface area contributed by atoms with E-state index in [0.717, 1.165) is 117 Å². The highest BCUT2D eigenvalue weighted by Crippen LogP contribution is 2.49. The van der Waals surface area contributed by atoms with Crippen molar-refractivity contribution < 1.29 is 13.6 Å². The Morgan fingerprint density at radius 1 is 0.309 bits per heavy atom. The molecule has 4 aliphatic heterocycles. The molecule has 6 nitrogen and oxygen atoms in total. The van der Waals surface area contributed by atoms with E-state index in [1.165, 1.54) is 21.9 Å². The van der Waals surface area contributed by atoms with Gasteiger partial charge in [-0.3, -0.25) is 0 Å². The molecule has 0 aliphatic carbocycles. The van der Waals surface area contributed by atoms with Gasteiger partial charge in [0.2, 0.25) is 0 Å². The van der Waals surface area contributed by atoms with Crippen LogP contribution in [0.2, 0.25) is 0 Å². The molecule has 6 heterocycles. The SMILES string of the molecule is c1ccc(N2c3cc4c(cc3B3c5ccc6c(oc7ccccc76)c5N(c5ccccc5)c5cccc2c53)B2c3ccc5c(oc6ccccc65)c3N(c3ccccc3)c3cccc(c32)O4)cc1. The van der Waals surface area contributed by atoms with Gasteiger partial charge in [-0.25, -0.2) is 0 Å². The van der Waals surface area contributed by atoms with Crippen molar-refractivity contribution in [1.82, 2.24) is 0 Å². The molecule has 0 spiro atoms. The number of hydrogen-bond acceptors (Lipinski definition) is 6. The first kappa shape index (κ1) is 36.4. The third-order valence-electron chi connectivity index (χ3n) is 14.9. The van der Waals surface area contributed by atoms with Crippen molar-refractivity contribution in [3.63, 3.8) is 0 Å². The lowest BCUT2D eigenvalue weighted by Crippen LogP contribution is -2.64. The molecule has 0 saturated heterocycles. The second-order valence-corrected chi connectivity index (χ2v) is 18.3. The Kier molecular flexibility index (Phi) is 7.15. The molecule has 68 heavy (non-hydrogen) atoms. The van der Waals surface area contributed by atoms with Gasteiger partial charge in [-0.2, -0.15) is 0 Å². The molecule has 0 amide bonds. The van der Waals surface area contributed by atoms with Crippen LogP contribution in [-0.2, 0) is 0 Å². The van der Waals surface area contributed by atoms with Gasteiger partial charge in [0.05, 0.1) is 11.4 Å². The van der Waals surface area contributed by atoms with Crippen molar-refractivity contribution in [1.29, 1.82) is 0 Å². The van der Waals surface area contributed by atoms with Gasteiger partial charge >= 0.3 is 0 Å². The number of furan rings is 2. The lowest BCUT2D eigenvalue weighted by atomic mass is 9.30. The predicted octanol–water partition coefficient (Wildman–Crippen LogP) is 12.0. The van der Waals surface area contributed by atoms with Crippen molar-refractivity contribution in [2.45, 2.75) is 0 Å². The molecular formula is C60H35B2N3O3. The molecule has 2 aromatic heterocycles. The number of hydrogen-bond donors (Lipinski definition) is 0. The summed E-state index contributed by atoms with van der Waals surface area (Å²) in [5.41, 5.74) is 20.4. The number of para-hydroxylation sites is 5. The molecule has 0 unspecified atom stereocenters. The average Bonchev–Trinajstić information content (AvgIpc) is 3.98. The topological polar surface area (TPSA) is 45.2 Å². The molecule has 16 rings (SSSR count). The van der Waals surface area contributed by atoms with Gasteiger partial charge < -0.3 is 28.3 Å². The Balaban J connectivity index is 1.01. The highest BCUT2D eigenvalue weighted by Gasteiger charge is 2.48. The number of benzene rings is 10. The minimum absolute atomic E-state index is 0.146. The van der Waals surface area contributed by atoms with Crippen molar-refractivity contribution in [2.24, 2.45) is 0 Å². The average molecular weight is 868 g/mol. The van der Waals surface area contributed by atoms with E-state index in [1.807, 2.05) is 0 Å². The Morgan fingerprint density at radius 2 is 0.779 bits per heavy atom. The third kappa shape index (κ3) is 4.73. The Morgan fingerprint density at radius 3 is 1.35 bits per heavy atom. The van der Waals surface area contributed by atoms with E-state index < -0.39 is 0 Å². The summed E-state index contributed by atoms with van der Waals surface area (Å²) >= 11 is 0. The van der Waals surface area contributed by atoms with Crippen LogP contribution in [0.1, 0.15) is 0 Å². The zero-order valence-electron chi connectivity index (χ0n) is 36.4. The van der Waals surface area contributed by atoms with Crippen LogP contribution in [0.5, 0.6) is 11.5 Å². The van der Waals surface area contributed by atoms with Gasteiger partial charge in [0, 0.05) is 67.4 Å². The second kappa shape index (κ2) is 13.4. The molecule has 0 bridgehead atoms. The minimum Gasteiger partial charge on any atom is -0.458 e. The molecule has 0 radical (unpaired) electrons. The Hall–Kier alpha value is -8.87. The summed E-state index contributed by atoms with van der Waals surface area (Å²) in [7, 11) is 0. The highest BCUT2D eigenvalue weighted by atomic mass is 16.5. The fraction of sp³-hybridized carbons (Fsp3) is 0. The zero-order valence-corrected chi connectivity index (χ0v) is 36.4. The molecule has 0 saturated carbocycles. The van der Waals surface area contributed by atoms with E-state index in [2.05, 4.69) is 227 Å². The normalized spacial score (nSPS) is 13.9. The van der Waals surface area contributed by atoms with E-state index >= 15 is 0 Å². The van der Waals surface area contributed by atoms with Gasteiger partial charge in [-0.05, 0) is 106 Å². The number of rotatable bonds is 3. The van der Waals surface area contributed by atoms with Crippen LogP contribution < -0.4 is 52.2 Å². The van der Waals surface area contributed by atoms with Crippen LogP contribution in [0.4, 0.5) is 51.2 Å². The summed E-state index contributed by atoms with van der Waals surface area (Å²) in [6, 6.07) is 76.3. The molecule has 8 heteroatoms. The van der Waals surface area contributed by atoms with E-state index in [-0.39, 0.29) is 13.4 Å². The fourth-order valence-electron chi connectivity index (χ4n) is 12.2. The van der Waals surface area contributed by atoms with Crippen molar-refractivity contribution >= 4 is 141 Å². The smallest absolute Gasteiger partial charge is 0.256 e. The first-order valence-electron chi connectivity index (χ1n) is 23.3. The van der Waals surface area contributed by atoms with Gasteiger partial charge in [-0.1, -0.05) is 133 Å². The fourth-order valence-corrected chi connectivity index (χ4v) is 12.2. The quantitative estimate of drug-likeness (QED) is 0.165. The summed E-state index contributed by atoms with van der Waals surface area (Å²) in [5.74, 6) is 1.70. The van der Waals surface area contributed by atoms with Gasteiger partial charge in [0.1, 0.15) is 22.7 Å². The van der Waals surface area contributed by atoms with Crippen LogP contribution in [-0.4, -0.2) is 13.4 Å². The van der Waals surface area contributed by atoms with Crippen LogP contribution in [0.15, 0.2) is 221 Å². The van der Waals surface area contributed by atoms with Gasteiger partial charge in [0.25, 0.3) is 13.4 Å². The van der Waals surface area contributed by atoms with Crippen LogP contribution in [0.3, 0.4) is 0 Å². The van der Waals surface area contributed by atoms with Crippen LogP contribution >= 0.6 is 0 Å². The molecule has 4 aliphatic rings. The van der Waals surface area contributed by atoms with E-state index in [9.17, 15) is 0 Å². The Bertz CT molecular complexity index is 4110. The van der Waals surface area contributed by atoms with Crippen LogP contribution in [0, 0.1) is 0 Å². The molecule has 314 valence electrons. The predicted molar refractivity (Wildman–Crippen MR) is 281 cm³/mol. The van der Waals surface area contributed by atoms with Gasteiger partial charge in [-0.15, -0.1) is 0 Å². The maximum Gasteiger partial charge on any atom is 0.256 e. The first-order chi connectivity index (χ1) is 33.8. The van der Waals surface area contributed by atoms with Crippen molar-refractivity contribution in [2.75, 3.05) is 14.7 Å². The lowest BCUT2D eigenvalue weighted by Gasteiger charge is -2.45. The van der Waals surface area contributed by atoms with Crippen molar-refractivity contribution in [3.05, 3.63) is 212 Å². The second-order valence-electron chi connectivity index (χ2n) is 18.3. The van der Waals surface area contributed by atoms with E-state index in [0.29, 0.717) is 0 Å². The summed E-state index contributed by atoms with van der Waals surface area (Å²) in [6.45, 7) is -0.307. The monoisotopic (exact) mass is 867 g/mol. The maximum absolute atomic E-state index is 7.24. The Labute approximate surface area is 391 Å². The number of ether oxygens (including phenoxy) is 1. The number of nitrogens with zero attached hydrogens (tertiary/aromatic N) is 3. The molecule has 10 aromatic carbocycles. The minimum atomic E-state index is -0.161. The summed E-state index contributed by atoms with van der Waals surface area (Å²) in [5, 5.41) is 4.41. The first-order valence-corrected chi connectivity index (χ1v) is 23.3.